The number of amides is 1. The number of methoxy groups -OCH3 is 2. The van der Waals surface area contributed by atoms with Crippen molar-refractivity contribution in [2.75, 3.05) is 20.8 Å². The smallest absolute Gasteiger partial charge is 0.254 e. The summed E-state index contributed by atoms with van der Waals surface area (Å²) in [4.78, 5) is 13.4. The van der Waals surface area contributed by atoms with Gasteiger partial charge in [-0.1, -0.05) is 48.0 Å². The number of rotatable bonds is 7. The molecule has 1 aromatic heterocycles. The lowest BCUT2D eigenvalue weighted by Gasteiger charge is -2.13. The van der Waals surface area contributed by atoms with Gasteiger partial charge in [0.15, 0.2) is 11.5 Å². The lowest BCUT2D eigenvalue weighted by Crippen LogP contribution is -2.27. The molecule has 1 heterocycles. The number of aryl methyl sites for hydroxylation is 1. The molecule has 0 fully saturated rings. The first kappa shape index (κ1) is 21.3. The Bertz CT molecular complexity index is 1260. The van der Waals surface area contributed by atoms with E-state index in [1.54, 1.807) is 14.2 Å². The largest absolute Gasteiger partial charge is 0.493 e. The molecule has 0 unspecified atom stereocenters. The van der Waals surface area contributed by atoms with E-state index in [4.69, 9.17) is 9.47 Å². The number of aromatic nitrogens is 2. The molecule has 0 saturated heterocycles. The van der Waals surface area contributed by atoms with E-state index >= 15 is 0 Å². The number of nitrogens with one attached hydrogen (secondary N) is 1. The van der Waals surface area contributed by atoms with E-state index in [1.165, 1.54) is 0 Å². The summed E-state index contributed by atoms with van der Waals surface area (Å²) in [5.41, 5.74) is 4.77. The van der Waals surface area contributed by atoms with Crippen molar-refractivity contribution >= 4 is 16.8 Å². The van der Waals surface area contributed by atoms with Crippen LogP contribution >= 0.6 is 0 Å². The number of benzene rings is 3. The molecule has 0 radical (unpaired) electrons. The van der Waals surface area contributed by atoms with Crippen LogP contribution in [0.4, 0.5) is 0 Å². The second kappa shape index (κ2) is 9.47. The van der Waals surface area contributed by atoms with Gasteiger partial charge >= 0.3 is 0 Å². The molecule has 32 heavy (non-hydrogen) atoms. The van der Waals surface area contributed by atoms with Gasteiger partial charge in [0.1, 0.15) is 5.69 Å². The van der Waals surface area contributed by atoms with E-state index < -0.39 is 0 Å². The van der Waals surface area contributed by atoms with Gasteiger partial charge in [0, 0.05) is 17.5 Å². The van der Waals surface area contributed by atoms with Crippen molar-refractivity contribution in [1.82, 2.24) is 15.5 Å². The monoisotopic (exact) mass is 427 g/mol. The molecule has 6 heteroatoms. The van der Waals surface area contributed by atoms with Gasteiger partial charge in [-0.05, 0) is 43.2 Å². The van der Waals surface area contributed by atoms with Crippen molar-refractivity contribution in [2.45, 2.75) is 13.3 Å². The van der Waals surface area contributed by atoms with Gasteiger partial charge in [0.2, 0.25) is 0 Å². The molecule has 0 atom stereocenters. The van der Waals surface area contributed by atoms with Crippen LogP contribution in [0.3, 0.4) is 0 Å². The second-order valence-electron chi connectivity index (χ2n) is 7.51. The van der Waals surface area contributed by atoms with E-state index in [0.29, 0.717) is 41.2 Å². The Kier molecular flexibility index (Phi) is 6.31. The van der Waals surface area contributed by atoms with Crippen molar-refractivity contribution in [1.29, 1.82) is 0 Å². The average molecular weight is 428 g/mol. The Hall–Kier alpha value is -3.93. The molecule has 162 valence electrons. The summed E-state index contributed by atoms with van der Waals surface area (Å²) >= 11 is 0. The normalized spacial score (nSPS) is 10.7. The highest BCUT2D eigenvalue weighted by Crippen LogP contribution is 2.29. The van der Waals surface area contributed by atoms with Crippen LogP contribution in [0.1, 0.15) is 21.5 Å². The maximum Gasteiger partial charge on any atom is 0.254 e. The molecule has 1 amide bonds. The first-order valence-corrected chi connectivity index (χ1v) is 10.4. The molecule has 4 aromatic rings. The zero-order valence-corrected chi connectivity index (χ0v) is 18.4. The van der Waals surface area contributed by atoms with Gasteiger partial charge in [-0.2, -0.15) is 0 Å². The first-order chi connectivity index (χ1) is 15.6. The maximum atomic E-state index is 13.4. The number of carbonyl (C=O) groups is 1. The van der Waals surface area contributed by atoms with Crippen LogP contribution in [0.15, 0.2) is 66.7 Å². The van der Waals surface area contributed by atoms with Gasteiger partial charge in [-0.25, -0.2) is 0 Å². The summed E-state index contributed by atoms with van der Waals surface area (Å²) in [6, 6.07) is 21.3. The van der Waals surface area contributed by atoms with Crippen molar-refractivity contribution in [2.24, 2.45) is 0 Å². The molecular formula is C26H25N3O3. The summed E-state index contributed by atoms with van der Waals surface area (Å²) in [5.74, 6) is 1.18. The molecule has 4 rings (SSSR count). The predicted octanol–water partition coefficient (Wildman–Crippen LogP) is 4.59. The Labute approximate surface area is 187 Å². The van der Waals surface area contributed by atoms with Crippen molar-refractivity contribution in [3.63, 3.8) is 0 Å². The molecule has 0 aliphatic rings. The summed E-state index contributed by atoms with van der Waals surface area (Å²) in [6.07, 6.45) is 0.655. The molecule has 0 saturated carbocycles. The minimum absolute atomic E-state index is 0.171. The Balaban J connectivity index is 1.62. The molecule has 1 N–H and O–H groups in total. The highest BCUT2D eigenvalue weighted by atomic mass is 16.5. The molecule has 0 aliphatic heterocycles. The van der Waals surface area contributed by atoms with Crippen LogP contribution in [0, 0.1) is 6.92 Å². The van der Waals surface area contributed by atoms with Crippen LogP contribution in [0.5, 0.6) is 11.5 Å². The summed E-state index contributed by atoms with van der Waals surface area (Å²) < 4.78 is 10.7. The summed E-state index contributed by atoms with van der Waals surface area (Å²) in [5, 5.41) is 12.6. The third kappa shape index (κ3) is 4.39. The van der Waals surface area contributed by atoms with Crippen LogP contribution in [-0.4, -0.2) is 36.9 Å². The van der Waals surface area contributed by atoms with Gasteiger partial charge in [-0.3, -0.25) is 4.79 Å². The Morgan fingerprint density at radius 3 is 2.44 bits per heavy atom. The summed E-state index contributed by atoms with van der Waals surface area (Å²) in [6.45, 7) is 2.47. The number of hydrogen-bond acceptors (Lipinski definition) is 5. The number of fused-ring (bicyclic) bond motifs is 1. The third-order valence-electron chi connectivity index (χ3n) is 5.34. The van der Waals surface area contributed by atoms with Crippen LogP contribution in [-0.2, 0) is 6.42 Å². The fraction of sp³-hybridized carbons (Fsp3) is 0.192. The molecular weight excluding hydrogens is 402 g/mol. The second-order valence-corrected chi connectivity index (χ2v) is 7.51. The lowest BCUT2D eigenvalue weighted by atomic mass is 10.00. The van der Waals surface area contributed by atoms with Crippen LogP contribution < -0.4 is 14.8 Å². The molecule has 3 aromatic carbocycles. The maximum absolute atomic E-state index is 13.4. The average Bonchev–Trinajstić information content (AvgIpc) is 2.83. The highest BCUT2D eigenvalue weighted by molar-refractivity contribution is 6.10. The van der Waals surface area contributed by atoms with Crippen molar-refractivity contribution < 1.29 is 14.3 Å². The quantitative estimate of drug-likeness (QED) is 0.467. The fourth-order valence-electron chi connectivity index (χ4n) is 3.69. The van der Waals surface area contributed by atoms with Crippen molar-refractivity contribution in [3.8, 4) is 22.8 Å². The molecule has 0 spiro atoms. The Morgan fingerprint density at radius 1 is 0.906 bits per heavy atom. The standard InChI is InChI=1S/C26H25N3O3/c1-17-9-11-21-20(15-17)24(25(29-28-21)19-7-5-4-6-8-19)26(30)27-14-13-18-10-12-22(31-2)23(16-18)32-3/h4-12,15-16H,13-14H2,1-3H3,(H,27,30). The van der Waals surface area contributed by atoms with E-state index in [1.807, 2.05) is 73.7 Å². The van der Waals surface area contributed by atoms with E-state index in [9.17, 15) is 4.79 Å². The lowest BCUT2D eigenvalue weighted by molar-refractivity contribution is 0.0956. The first-order valence-electron chi connectivity index (χ1n) is 10.4. The third-order valence-corrected chi connectivity index (χ3v) is 5.34. The van der Waals surface area contributed by atoms with Crippen LogP contribution in [0.2, 0.25) is 0 Å². The fourth-order valence-corrected chi connectivity index (χ4v) is 3.69. The number of ether oxygens (including phenoxy) is 2. The summed E-state index contributed by atoms with van der Waals surface area (Å²) in [7, 11) is 3.22. The SMILES string of the molecule is COc1ccc(CCNC(=O)c2c(-c3ccccc3)nnc3ccc(C)cc23)cc1OC. The number of carbonyl (C=O) groups excluding carboxylic acids is 1. The number of hydrogen-bond donors (Lipinski definition) is 1. The van der Waals surface area contributed by atoms with E-state index in [-0.39, 0.29) is 5.91 Å². The van der Waals surface area contributed by atoms with E-state index in [0.717, 1.165) is 22.1 Å². The topological polar surface area (TPSA) is 73.3 Å². The zero-order chi connectivity index (χ0) is 22.5. The van der Waals surface area contributed by atoms with E-state index in [2.05, 4.69) is 15.5 Å². The highest BCUT2D eigenvalue weighted by Gasteiger charge is 2.19. The molecule has 6 nitrogen and oxygen atoms in total. The van der Waals surface area contributed by atoms with Gasteiger partial charge in [0.05, 0.1) is 25.3 Å². The van der Waals surface area contributed by atoms with Crippen LogP contribution in [0.25, 0.3) is 22.2 Å². The van der Waals surface area contributed by atoms with Gasteiger partial charge < -0.3 is 14.8 Å². The number of nitrogens with zero attached hydrogens (tertiary/aromatic N) is 2. The predicted molar refractivity (Wildman–Crippen MR) is 125 cm³/mol. The Morgan fingerprint density at radius 2 is 1.69 bits per heavy atom. The molecule has 0 aliphatic carbocycles. The van der Waals surface area contributed by atoms with Gasteiger partial charge in [0.25, 0.3) is 5.91 Å². The van der Waals surface area contributed by atoms with Gasteiger partial charge in [-0.15, -0.1) is 10.2 Å². The molecule has 0 bridgehead atoms. The van der Waals surface area contributed by atoms with Crippen molar-refractivity contribution in [3.05, 3.63) is 83.4 Å². The minimum atomic E-state index is -0.171. The zero-order valence-electron chi connectivity index (χ0n) is 18.4. The minimum Gasteiger partial charge on any atom is -0.493 e.